The lowest BCUT2D eigenvalue weighted by molar-refractivity contribution is -0.131. The molecule has 9 nitrogen and oxygen atoms in total. The molecule has 0 spiro atoms. The molecule has 0 atom stereocenters. The molecule has 35 heavy (non-hydrogen) atoms. The van der Waals surface area contributed by atoms with Crippen molar-refractivity contribution < 1.29 is 19.0 Å². The summed E-state index contributed by atoms with van der Waals surface area (Å²) < 4.78 is 17.4. The highest BCUT2D eigenvalue weighted by atomic mass is 16.5. The lowest BCUT2D eigenvalue weighted by Crippen LogP contribution is -2.35. The highest BCUT2D eigenvalue weighted by Crippen LogP contribution is 2.29. The summed E-state index contributed by atoms with van der Waals surface area (Å²) in [6.45, 7) is 3.54. The number of carbonyl (C=O) groups excluding carboxylic acids is 1. The number of aryl methyl sites for hydroxylation is 1. The Morgan fingerprint density at radius 2 is 1.69 bits per heavy atom. The number of carbonyl (C=O) groups is 1. The average molecular weight is 481 g/mol. The highest BCUT2D eigenvalue weighted by molar-refractivity contribution is 5.81. The minimum atomic E-state index is -0.159. The lowest BCUT2D eigenvalue weighted by atomic mass is 10.2. The van der Waals surface area contributed by atoms with Crippen LogP contribution < -0.4 is 24.7 Å². The molecule has 1 amide bonds. The molecule has 1 aromatic heterocycles. The zero-order valence-corrected chi connectivity index (χ0v) is 20.5. The molecule has 2 heterocycles. The van der Waals surface area contributed by atoms with Crippen molar-refractivity contribution in [2.24, 2.45) is 0 Å². The van der Waals surface area contributed by atoms with Crippen LogP contribution in [0.25, 0.3) is 10.9 Å². The molecule has 4 rings (SSSR count). The molecule has 0 bridgehead atoms. The molecular weight excluding hydrogens is 448 g/mol. The van der Waals surface area contributed by atoms with E-state index in [-0.39, 0.29) is 11.5 Å². The molecule has 1 fully saturated rings. The van der Waals surface area contributed by atoms with Crippen molar-refractivity contribution in [2.45, 2.75) is 25.8 Å². The van der Waals surface area contributed by atoms with Crippen molar-refractivity contribution in [1.29, 1.82) is 0 Å². The van der Waals surface area contributed by atoms with Gasteiger partial charge in [-0.2, -0.15) is 0 Å². The number of methoxy groups -OCH3 is 3. The van der Waals surface area contributed by atoms with Crippen molar-refractivity contribution in [3.8, 4) is 17.2 Å². The number of anilines is 1. The largest absolute Gasteiger partial charge is 0.497 e. The molecule has 186 valence electrons. The van der Waals surface area contributed by atoms with Crippen molar-refractivity contribution >= 4 is 22.5 Å². The molecule has 1 aliphatic heterocycles. The minimum Gasteiger partial charge on any atom is -0.497 e. The topological polar surface area (TPSA) is 86.1 Å². The molecular formula is C26H32N4O5. The van der Waals surface area contributed by atoms with Crippen LogP contribution in [0.2, 0.25) is 0 Å². The summed E-state index contributed by atoms with van der Waals surface area (Å²) >= 11 is 0. The molecule has 2 aromatic carbocycles. The first-order valence-corrected chi connectivity index (χ1v) is 11.8. The van der Waals surface area contributed by atoms with E-state index in [4.69, 9.17) is 14.2 Å². The summed E-state index contributed by atoms with van der Waals surface area (Å²) in [6.07, 6.45) is 3.40. The standard InChI is InChI=1S/C26H32N4O5/c1-33-20-9-7-19(8-10-20)28-12-5-13-29(15-14-28)25(31)6-4-11-30-18-27-22-17-24(35-3)23(34-2)16-21(22)26(30)32/h7-10,16-18H,4-6,11-15H2,1-3H3. The zero-order chi connectivity index (χ0) is 24.8. The van der Waals surface area contributed by atoms with Crippen LogP contribution in [-0.4, -0.2) is 67.9 Å². The van der Waals surface area contributed by atoms with Gasteiger partial charge in [-0.15, -0.1) is 0 Å². The average Bonchev–Trinajstić information content (AvgIpc) is 3.16. The third-order valence-electron chi connectivity index (χ3n) is 6.41. The molecule has 1 saturated heterocycles. The molecule has 3 aromatic rings. The highest BCUT2D eigenvalue weighted by Gasteiger charge is 2.19. The number of hydrogen-bond acceptors (Lipinski definition) is 7. The molecule has 9 heteroatoms. The number of benzene rings is 2. The normalized spacial score (nSPS) is 14.0. The fraction of sp³-hybridized carbons (Fsp3) is 0.423. The van der Waals surface area contributed by atoms with Gasteiger partial charge in [0.05, 0.1) is 38.6 Å². The van der Waals surface area contributed by atoms with Gasteiger partial charge in [-0.25, -0.2) is 4.98 Å². The Bertz CT molecular complexity index is 1220. The van der Waals surface area contributed by atoms with E-state index in [1.165, 1.54) is 13.4 Å². The third-order valence-corrected chi connectivity index (χ3v) is 6.41. The number of rotatable bonds is 8. The molecule has 0 unspecified atom stereocenters. The Hall–Kier alpha value is -3.75. The first-order valence-electron chi connectivity index (χ1n) is 11.8. The van der Waals surface area contributed by atoms with E-state index in [0.29, 0.717) is 48.3 Å². The number of ether oxygens (including phenoxy) is 3. The molecule has 0 saturated carbocycles. The van der Waals surface area contributed by atoms with Crippen LogP contribution in [0, 0.1) is 0 Å². The Balaban J connectivity index is 1.34. The van der Waals surface area contributed by atoms with Gasteiger partial charge in [0, 0.05) is 50.9 Å². The van der Waals surface area contributed by atoms with Crippen molar-refractivity contribution in [3.63, 3.8) is 0 Å². The fourth-order valence-electron chi connectivity index (χ4n) is 4.42. The van der Waals surface area contributed by atoms with Gasteiger partial charge in [-0.3, -0.25) is 14.2 Å². The van der Waals surface area contributed by atoms with Crippen molar-refractivity contribution in [1.82, 2.24) is 14.5 Å². The maximum Gasteiger partial charge on any atom is 0.261 e. The van der Waals surface area contributed by atoms with Gasteiger partial charge in [0.25, 0.3) is 5.56 Å². The van der Waals surface area contributed by atoms with Gasteiger partial charge < -0.3 is 24.0 Å². The van der Waals surface area contributed by atoms with E-state index < -0.39 is 0 Å². The monoisotopic (exact) mass is 480 g/mol. The lowest BCUT2D eigenvalue weighted by Gasteiger charge is -2.24. The molecule has 1 aliphatic rings. The first-order chi connectivity index (χ1) is 17.0. The van der Waals surface area contributed by atoms with Crippen LogP contribution in [0.3, 0.4) is 0 Å². The molecule has 0 N–H and O–H groups in total. The summed E-state index contributed by atoms with van der Waals surface area (Å²) in [4.78, 5) is 34.5. The third kappa shape index (κ3) is 5.50. The van der Waals surface area contributed by atoms with Crippen LogP contribution in [0.15, 0.2) is 47.5 Å². The summed E-state index contributed by atoms with van der Waals surface area (Å²) in [7, 11) is 4.73. The number of amides is 1. The van der Waals surface area contributed by atoms with Gasteiger partial charge in [-0.05, 0) is 43.2 Å². The van der Waals surface area contributed by atoms with E-state index in [2.05, 4.69) is 22.0 Å². The molecule has 0 aliphatic carbocycles. The van der Waals surface area contributed by atoms with Crippen LogP contribution in [0.1, 0.15) is 19.3 Å². The van der Waals surface area contributed by atoms with E-state index in [1.54, 1.807) is 30.9 Å². The Morgan fingerprint density at radius 1 is 0.943 bits per heavy atom. The van der Waals surface area contributed by atoms with Crippen LogP contribution >= 0.6 is 0 Å². The van der Waals surface area contributed by atoms with Crippen molar-refractivity contribution in [3.05, 3.63) is 53.1 Å². The maximum absolute atomic E-state index is 12.9. The number of nitrogens with zero attached hydrogens (tertiary/aromatic N) is 4. The quantitative estimate of drug-likeness (QED) is 0.490. The number of hydrogen-bond donors (Lipinski definition) is 0. The first kappa shape index (κ1) is 24.4. The summed E-state index contributed by atoms with van der Waals surface area (Å²) in [5.41, 5.74) is 1.52. The van der Waals surface area contributed by atoms with E-state index >= 15 is 0 Å². The maximum atomic E-state index is 12.9. The Morgan fingerprint density at radius 3 is 2.40 bits per heavy atom. The van der Waals surface area contributed by atoms with Gasteiger partial charge in [0.1, 0.15) is 5.75 Å². The van der Waals surface area contributed by atoms with E-state index in [9.17, 15) is 9.59 Å². The van der Waals surface area contributed by atoms with E-state index in [1.807, 2.05) is 17.0 Å². The van der Waals surface area contributed by atoms with Gasteiger partial charge >= 0.3 is 0 Å². The van der Waals surface area contributed by atoms with Gasteiger partial charge in [-0.1, -0.05) is 0 Å². The van der Waals surface area contributed by atoms with Gasteiger partial charge in [0.2, 0.25) is 5.91 Å². The van der Waals surface area contributed by atoms with Gasteiger partial charge in [0.15, 0.2) is 11.5 Å². The second-order valence-electron chi connectivity index (χ2n) is 8.49. The van der Waals surface area contributed by atoms with Crippen molar-refractivity contribution in [2.75, 3.05) is 52.4 Å². The molecule has 0 radical (unpaired) electrons. The van der Waals surface area contributed by atoms with E-state index in [0.717, 1.165) is 37.5 Å². The Labute approximate surface area is 204 Å². The smallest absolute Gasteiger partial charge is 0.261 e. The van der Waals surface area contributed by atoms with Crippen LogP contribution in [0.5, 0.6) is 17.2 Å². The SMILES string of the molecule is COc1ccc(N2CCCN(C(=O)CCCn3cnc4cc(OC)c(OC)cc4c3=O)CC2)cc1. The predicted octanol–water partition coefficient (Wildman–Crippen LogP) is 2.94. The summed E-state index contributed by atoms with van der Waals surface area (Å²) in [5.74, 6) is 1.96. The minimum absolute atomic E-state index is 0.120. The fourth-order valence-corrected chi connectivity index (χ4v) is 4.42. The summed E-state index contributed by atoms with van der Waals surface area (Å²) in [6, 6.07) is 11.4. The summed E-state index contributed by atoms with van der Waals surface area (Å²) in [5, 5.41) is 0.461. The second kappa shape index (κ2) is 11.1. The number of aromatic nitrogens is 2. The number of fused-ring (bicyclic) bond motifs is 1. The van der Waals surface area contributed by atoms with Crippen LogP contribution in [-0.2, 0) is 11.3 Å². The second-order valence-corrected chi connectivity index (χ2v) is 8.49. The Kier molecular flexibility index (Phi) is 7.74. The predicted molar refractivity (Wildman–Crippen MR) is 135 cm³/mol. The zero-order valence-electron chi connectivity index (χ0n) is 20.5. The van der Waals surface area contributed by atoms with Crippen LogP contribution in [0.4, 0.5) is 5.69 Å².